The van der Waals surface area contributed by atoms with Crippen LogP contribution in [0.3, 0.4) is 0 Å². The van der Waals surface area contributed by atoms with Crippen LogP contribution in [-0.2, 0) is 9.53 Å². The van der Waals surface area contributed by atoms with Crippen LogP contribution in [0.2, 0.25) is 0 Å². The van der Waals surface area contributed by atoms with Crippen LogP contribution < -0.4 is 5.32 Å². The number of nitrogens with one attached hydrogen (secondary N) is 1. The summed E-state index contributed by atoms with van der Waals surface area (Å²) in [7, 11) is 1.30. The molecule has 0 spiro atoms. The van der Waals surface area contributed by atoms with Gasteiger partial charge in [-0.2, -0.15) is 0 Å². The zero-order chi connectivity index (χ0) is 13.9. The highest BCUT2D eigenvalue weighted by molar-refractivity contribution is 5.86. The van der Waals surface area contributed by atoms with Gasteiger partial charge in [0.05, 0.1) is 7.11 Å². The Morgan fingerprint density at radius 1 is 1.33 bits per heavy atom. The van der Waals surface area contributed by atoms with E-state index in [0.717, 1.165) is 13.0 Å². The fourth-order valence-electron chi connectivity index (χ4n) is 2.28. The normalized spacial score (nSPS) is 25.1. The molecular formula is C13H24N2O3. The lowest BCUT2D eigenvalue weighted by Gasteiger charge is -2.30. The van der Waals surface area contributed by atoms with Crippen LogP contribution in [0.15, 0.2) is 0 Å². The molecule has 2 amide bonds. The second-order valence-electron chi connectivity index (χ2n) is 5.40. The molecule has 104 valence electrons. The molecule has 5 nitrogen and oxygen atoms in total. The van der Waals surface area contributed by atoms with Crippen molar-refractivity contribution in [3.8, 4) is 0 Å². The first-order chi connectivity index (χ1) is 8.38. The second kappa shape index (κ2) is 6.07. The molecule has 1 N–H and O–H groups in total. The summed E-state index contributed by atoms with van der Waals surface area (Å²) in [5, 5.41) is 2.63. The molecule has 2 unspecified atom stereocenters. The number of hydrogen-bond acceptors (Lipinski definition) is 3. The molecule has 0 saturated carbocycles. The van der Waals surface area contributed by atoms with E-state index in [9.17, 15) is 9.59 Å². The number of carbonyl (C=O) groups excluding carboxylic acids is 2. The second-order valence-corrected chi connectivity index (χ2v) is 5.40. The first-order valence-electron chi connectivity index (χ1n) is 6.53. The summed E-state index contributed by atoms with van der Waals surface area (Å²) in [5.41, 5.74) is 0. The van der Waals surface area contributed by atoms with E-state index in [-0.39, 0.29) is 17.9 Å². The van der Waals surface area contributed by atoms with Gasteiger partial charge in [-0.25, -0.2) is 4.79 Å². The van der Waals surface area contributed by atoms with Crippen molar-refractivity contribution in [2.45, 2.75) is 46.2 Å². The van der Waals surface area contributed by atoms with Crippen molar-refractivity contribution in [2.75, 3.05) is 13.7 Å². The molecule has 1 saturated heterocycles. The third kappa shape index (κ3) is 3.15. The summed E-state index contributed by atoms with van der Waals surface area (Å²) in [6.07, 6.45) is 0.470. The molecule has 1 fully saturated rings. The first kappa shape index (κ1) is 14.8. The molecule has 0 radical (unpaired) electrons. The van der Waals surface area contributed by atoms with Crippen LogP contribution in [0.1, 0.15) is 34.1 Å². The fraction of sp³-hybridized carbons (Fsp3) is 0.846. The lowest BCUT2D eigenvalue weighted by molar-refractivity contribution is -0.135. The number of carbonyl (C=O) groups is 2. The van der Waals surface area contributed by atoms with Crippen molar-refractivity contribution >= 4 is 12.0 Å². The monoisotopic (exact) mass is 256 g/mol. The molecule has 1 rings (SSSR count). The SMILES string of the molecule is COC(=O)NC(C(=O)N1CCC(C)[C@H]1C)C(C)C. The first-order valence-corrected chi connectivity index (χ1v) is 6.53. The van der Waals surface area contributed by atoms with Crippen molar-refractivity contribution in [3.63, 3.8) is 0 Å². The molecule has 3 atom stereocenters. The van der Waals surface area contributed by atoms with Gasteiger partial charge >= 0.3 is 6.09 Å². The maximum atomic E-state index is 12.5. The molecular weight excluding hydrogens is 232 g/mol. The zero-order valence-electron chi connectivity index (χ0n) is 11.9. The number of nitrogens with zero attached hydrogens (tertiary/aromatic N) is 1. The fourth-order valence-corrected chi connectivity index (χ4v) is 2.28. The van der Waals surface area contributed by atoms with Gasteiger partial charge in [0.1, 0.15) is 6.04 Å². The van der Waals surface area contributed by atoms with Crippen molar-refractivity contribution in [2.24, 2.45) is 11.8 Å². The van der Waals surface area contributed by atoms with Gasteiger partial charge in [0, 0.05) is 12.6 Å². The Kier molecular flexibility index (Phi) is 4.99. The van der Waals surface area contributed by atoms with Gasteiger partial charge in [-0.15, -0.1) is 0 Å². The van der Waals surface area contributed by atoms with Gasteiger partial charge in [-0.05, 0) is 25.2 Å². The Balaban J connectivity index is 2.74. The van der Waals surface area contributed by atoms with Gasteiger partial charge < -0.3 is 15.0 Å². The molecule has 1 aliphatic rings. The predicted molar refractivity (Wildman–Crippen MR) is 69.1 cm³/mol. The number of alkyl carbamates (subject to hydrolysis) is 1. The Morgan fingerprint density at radius 2 is 1.94 bits per heavy atom. The summed E-state index contributed by atoms with van der Waals surface area (Å²) in [6, 6.07) is -0.275. The van der Waals surface area contributed by atoms with E-state index in [0.29, 0.717) is 5.92 Å². The van der Waals surface area contributed by atoms with E-state index >= 15 is 0 Å². The van der Waals surface area contributed by atoms with E-state index in [1.165, 1.54) is 7.11 Å². The van der Waals surface area contributed by atoms with E-state index < -0.39 is 12.1 Å². The van der Waals surface area contributed by atoms with Crippen molar-refractivity contribution in [1.29, 1.82) is 0 Å². The standard InChI is InChI=1S/C13H24N2O3/c1-8(2)11(14-13(17)18-5)12(16)15-7-6-9(3)10(15)4/h8-11H,6-7H2,1-5H3,(H,14,17)/t9?,10-,11?/m1/s1. The van der Waals surface area contributed by atoms with Gasteiger partial charge in [0.2, 0.25) is 5.91 Å². The third-order valence-electron chi connectivity index (χ3n) is 3.82. The third-order valence-corrected chi connectivity index (χ3v) is 3.82. The summed E-state index contributed by atoms with van der Waals surface area (Å²) in [5.74, 6) is 0.548. The lowest BCUT2D eigenvalue weighted by Crippen LogP contribution is -2.52. The van der Waals surface area contributed by atoms with Crippen LogP contribution in [0.25, 0.3) is 0 Å². The Hall–Kier alpha value is -1.26. The molecule has 0 aromatic rings. The Bertz CT molecular complexity index is 317. The minimum atomic E-state index is -0.554. The number of methoxy groups -OCH3 is 1. The number of rotatable bonds is 3. The van der Waals surface area contributed by atoms with Gasteiger partial charge in [-0.1, -0.05) is 20.8 Å². The largest absolute Gasteiger partial charge is 0.453 e. The number of likely N-dealkylation sites (tertiary alicyclic amines) is 1. The van der Waals surface area contributed by atoms with Crippen LogP contribution >= 0.6 is 0 Å². The van der Waals surface area contributed by atoms with Crippen molar-refractivity contribution in [3.05, 3.63) is 0 Å². The van der Waals surface area contributed by atoms with Gasteiger partial charge in [0.25, 0.3) is 0 Å². The smallest absolute Gasteiger partial charge is 0.407 e. The average Bonchev–Trinajstić information content (AvgIpc) is 2.65. The summed E-state index contributed by atoms with van der Waals surface area (Å²) >= 11 is 0. The molecule has 1 heterocycles. The zero-order valence-corrected chi connectivity index (χ0v) is 11.9. The highest BCUT2D eigenvalue weighted by atomic mass is 16.5. The van der Waals surface area contributed by atoms with Crippen molar-refractivity contribution < 1.29 is 14.3 Å². The van der Waals surface area contributed by atoms with Crippen molar-refractivity contribution in [1.82, 2.24) is 10.2 Å². The molecule has 0 aromatic carbocycles. The number of hydrogen-bond donors (Lipinski definition) is 1. The quantitative estimate of drug-likeness (QED) is 0.835. The average molecular weight is 256 g/mol. The van der Waals surface area contributed by atoms with E-state index in [1.807, 2.05) is 18.7 Å². The molecule has 0 aromatic heterocycles. The highest BCUT2D eigenvalue weighted by Crippen LogP contribution is 2.24. The van der Waals surface area contributed by atoms with Crippen LogP contribution in [0.5, 0.6) is 0 Å². The Labute approximate surface area is 109 Å². The predicted octanol–water partition coefficient (Wildman–Crippen LogP) is 1.62. The summed E-state index contributed by atoms with van der Waals surface area (Å²) in [6.45, 7) is 8.82. The maximum absolute atomic E-state index is 12.5. The molecule has 0 bridgehead atoms. The maximum Gasteiger partial charge on any atom is 0.407 e. The van der Waals surface area contributed by atoms with Gasteiger partial charge in [0.15, 0.2) is 0 Å². The van der Waals surface area contributed by atoms with E-state index in [2.05, 4.69) is 23.9 Å². The van der Waals surface area contributed by atoms with E-state index in [4.69, 9.17) is 0 Å². The summed E-state index contributed by atoms with van der Waals surface area (Å²) in [4.78, 5) is 25.6. The number of amides is 2. The van der Waals surface area contributed by atoms with Crippen LogP contribution in [0, 0.1) is 11.8 Å². The number of ether oxygens (including phenoxy) is 1. The summed E-state index contributed by atoms with van der Waals surface area (Å²) < 4.78 is 4.57. The minimum absolute atomic E-state index is 0.00718. The van der Waals surface area contributed by atoms with E-state index in [1.54, 1.807) is 0 Å². The van der Waals surface area contributed by atoms with Gasteiger partial charge in [-0.3, -0.25) is 4.79 Å². The topological polar surface area (TPSA) is 58.6 Å². The van der Waals surface area contributed by atoms with Crippen LogP contribution in [-0.4, -0.2) is 42.6 Å². The highest BCUT2D eigenvalue weighted by Gasteiger charge is 2.36. The molecule has 0 aliphatic carbocycles. The minimum Gasteiger partial charge on any atom is -0.453 e. The molecule has 1 aliphatic heterocycles. The Morgan fingerprint density at radius 3 is 2.33 bits per heavy atom. The molecule has 18 heavy (non-hydrogen) atoms. The molecule has 5 heteroatoms. The lowest BCUT2D eigenvalue weighted by atomic mass is 10.0. The van der Waals surface area contributed by atoms with Crippen LogP contribution in [0.4, 0.5) is 4.79 Å².